The van der Waals surface area contributed by atoms with Crippen LogP contribution in [0.3, 0.4) is 0 Å². The minimum Gasteiger partial charge on any atom is -0.492 e. The summed E-state index contributed by atoms with van der Waals surface area (Å²) >= 11 is 1.50. The molecule has 0 aliphatic carbocycles. The van der Waals surface area contributed by atoms with Crippen molar-refractivity contribution in [2.75, 3.05) is 30.8 Å². The van der Waals surface area contributed by atoms with Gasteiger partial charge in [0.05, 0.1) is 17.2 Å². The molecule has 0 aromatic heterocycles. The zero-order chi connectivity index (χ0) is 32.4. The van der Waals surface area contributed by atoms with Crippen molar-refractivity contribution < 1.29 is 22.7 Å². The molecule has 0 saturated heterocycles. The lowest BCUT2D eigenvalue weighted by Gasteiger charge is -2.34. The van der Waals surface area contributed by atoms with E-state index in [1.165, 1.54) is 35.8 Å². The number of anilines is 1. The summed E-state index contributed by atoms with van der Waals surface area (Å²) in [5.41, 5.74) is 2.90. The second-order valence-corrected chi connectivity index (χ2v) is 13.1. The molecule has 4 aromatic carbocycles. The van der Waals surface area contributed by atoms with Crippen LogP contribution in [0.5, 0.6) is 5.75 Å². The van der Waals surface area contributed by atoms with Crippen LogP contribution in [-0.2, 0) is 32.6 Å². The van der Waals surface area contributed by atoms with Gasteiger partial charge in [-0.05, 0) is 73.2 Å². The van der Waals surface area contributed by atoms with Gasteiger partial charge in [0.25, 0.3) is 10.0 Å². The lowest BCUT2D eigenvalue weighted by Crippen LogP contribution is -2.53. The lowest BCUT2D eigenvalue weighted by molar-refractivity contribution is -0.139. The van der Waals surface area contributed by atoms with E-state index in [0.717, 1.165) is 25.9 Å². The number of nitrogens with zero attached hydrogens (tertiary/aromatic N) is 2. The van der Waals surface area contributed by atoms with E-state index in [9.17, 15) is 18.0 Å². The topological polar surface area (TPSA) is 96.0 Å². The molecule has 2 amide bonds. The second-order valence-electron chi connectivity index (χ2n) is 10.4. The van der Waals surface area contributed by atoms with E-state index in [2.05, 4.69) is 5.32 Å². The van der Waals surface area contributed by atoms with Crippen molar-refractivity contribution in [1.29, 1.82) is 0 Å². The van der Waals surface area contributed by atoms with Crippen molar-refractivity contribution in [3.8, 4) is 5.75 Å². The van der Waals surface area contributed by atoms with Crippen molar-refractivity contribution in [1.82, 2.24) is 10.2 Å². The van der Waals surface area contributed by atoms with Gasteiger partial charge >= 0.3 is 0 Å². The molecule has 1 atom stereocenters. The summed E-state index contributed by atoms with van der Waals surface area (Å²) < 4.78 is 35.6. The minimum absolute atomic E-state index is 0.0389. The highest BCUT2D eigenvalue weighted by Gasteiger charge is 2.35. The Kier molecular flexibility index (Phi) is 11.7. The number of benzene rings is 4. The first-order valence-electron chi connectivity index (χ1n) is 14.7. The second kappa shape index (κ2) is 15.6. The summed E-state index contributed by atoms with van der Waals surface area (Å²) in [6, 6.07) is 29.5. The normalized spacial score (nSPS) is 11.8. The minimum atomic E-state index is -4.24. The fourth-order valence-corrected chi connectivity index (χ4v) is 6.85. The summed E-state index contributed by atoms with van der Waals surface area (Å²) in [7, 11) is -2.71. The van der Waals surface area contributed by atoms with Crippen LogP contribution in [0.15, 0.2) is 113 Å². The first-order chi connectivity index (χ1) is 21.7. The Hall–Kier alpha value is -4.28. The average molecular weight is 646 g/mol. The summed E-state index contributed by atoms with van der Waals surface area (Å²) in [4.78, 5) is 30.4. The molecule has 236 valence electrons. The van der Waals surface area contributed by atoms with Crippen molar-refractivity contribution in [2.24, 2.45) is 0 Å². The van der Waals surface area contributed by atoms with Gasteiger partial charge in [0.2, 0.25) is 11.8 Å². The Bertz CT molecular complexity index is 1700. The fraction of sp³-hybridized carbons (Fsp3) is 0.257. The standard InChI is InChI=1S/C35H39N3O5S2/c1-5-43-33-18-12-11-17-31(33)38(45(41,42)30-21-19-29(44-4)20-22-30)25-34(39)37(24-28-16-10-9-13-26(28)2)32(35(40)36-3)23-27-14-7-6-8-15-27/h6-22,32H,5,23-25H2,1-4H3,(H,36,40). The average Bonchev–Trinajstić information content (AvgIpc) is 3.06. The zero-order valence-corrected chi connectivity index (χ0v) is 27.6. The van der Waals surface area contributed by atoms with Gasteiger partial charge in [0, 0.05) is 24.9 Å². The van der Waals surface area contributed by atoms with Crippen LogP contribution in [0.2, 0.25) is 0 Å². The van der Waals surface area contributed by atoms with Gasteiger partial charge in [-0.25, -0.2) is 8.42 Å². The Morgan fingerprint density at radius 2 is 1.53 bits per heavy atom. The predicted octanol–water partition coefficient (Wildman–Crippen LogP) is 5.70. The molecular formula is C35H39N3O5S2. The number of rotatable bonds is 14. The van der Waals surface area contributed by atoms with E-state index >= 15 is 0 Å². The number of nitrogens with one attached hydrogen (secondary N) is 1. The summed E-state index contributed by atoms with van der Waals surface area (Å²) in [6.45, 7) is 3.61. The molecule has 4 rings (SSSR count). The molecule has 0 spiro atoms. The first-order valence-corrected chi connectivity index (χ1v) is 17.3. The van der Waals surface area contributed by atoms with E-state index in [-0.39, 0.29) is 29.5 Å². The van der Waals surface area contributed by atoms with Crippen LogP contribution in [0.25, 0.3) is 0 Å². The molecule has 0 saturated carbocycles. The number of ether oxygens (including phenoxy) is 1. The highest BCUT2D eigenvalue weighted by Crippen LogP contribution is 2.33. The van der Waals surface area contributed by atoms with Gasteiger partial charge in [0.1, 0.15) is 18.3 Å². The summed E-state index contributed by atoms with van der Waals surface area (Å²) in [6.07, 6.45) is 2.16. The van der Waals surface area contributed by atoms with E-state index in [4.69, 9.17) is 4.74 Å². The van der Waals surface area contributed by atoms with Gasteiger partial charge in [-0.2, -0.15) is 0 Å². The highest BCUT2D eigenvalue weighted by atomic mass is 32.2. The van der Waals surface area contributed by atoms with Crippen molar-refractivity contribution in [3.63, 3.8) is 0 Å². The van der Waals surface area contributed by atoms with E-state index in [0.29, 0.717) is 12.4 Å². The third-order valence-electron chi connectivity index (χ3n) is 7.48. The molecule has 0 aliphatic rings. The van der Waals surface area contributed by atoms with Gasteiger partial charge in [-0.1, -0.05) is 66.7 Å². The number of hydrogen-bond donors (Lipinski definition) is 1. The molecule has 0 heterocycles. The molecule has 1 unspecified atom stereocenters. The fourth-order valence-electron chi connectivity index (χ4n) is 5.02. The Morgan fingerprint density at radius 3 is 2.18 bits per heavy atom. The maximum atomic E-state index is 14.5. The van der Waals surface area contributed by atoms with Gasteiger partial charge in [-0.15, -0.1) is 11.8 Å². The molecule has 0 bridgehead atoms. The number of likely N-dealkylation sites (N-methyl/N-ethyl adjacent to an activating group) is 1. The summed E-state index contributed by atoms with van der Waals surface area (Å²) in [5.74, 6) is -0.550. The molecule has 1 N–H and O–H groups in total. The number of sulfonamides is 1. The monoisotopic (exact) mass is 645 g/mol. The van der Waals surface area contributed by atoms with E-state index in [1.807, 2.05) is 74.7 Å². The first kappa shape index (κ1) is 33.6. The summed E-state index contributed by atoms with van der Waals surface area (Å²) in [5, 5.41) is 2.71. The van der Waals surface area contributed by atoms with Crippen LogP contribution >= 0.6 is 11.8 Å². The maximum Gasteiger partial charge on any atom is 0.264 e. The molecule has 45 heavy (non-hydrogen) atoms. The van der Waals surface area contributed by atoms with Crippen LogP contribution in [0, 0.1) is 6.92 Å². The molecule has 10 heteroatoms. The van der Waals surface area contributed by atoms with Crippen LogP contribution in [0.1, 0.15) is 23.6 Å². The predicted molar refractivity (Wildman–Crippen MR) is 180 cm³/mol. The molecular weight excluding hydrogens is 607 g/mol. The number of thioether (sulfide) groups is 1. The highest BCUT2D eigenvalue weighted by molar-refractivity contribution is 7.98. The number of carbonyl (C=O) groups excluding carboxylic acids is 2. The van der Waals surface area contributed by atoms with Crippen LogP contribution in [-0.4, -0.2) is 57.6 Å². The largest absolute Gasteiger partial charge is 0.492 e. The quantitative estimate of drug-likeness (QED) is 0.177. The van der Waals surface area contributed by atoms with Crippen molar-refractivity contribution in [3.05, 3.63) is 120 Å². The number of aryl methyl sites for hydroxylation is 1. The Morgan fingerprint density at radius 1 is 0.889 bits per heavy atom. The van der Waals surface area contributed by atoms with Crippen LogP contribution in [0.4, 0.5) is 5.69 Å². The van der Waals surface area contributed by atoms with Gasteiger partial charge < -0.3 is 15.0 Å². The molecule has 0 fully saturated rings. The van der Waals surface area contributed by atoms with Crippen molar-refractivity contribution >= 4 is 39.3 Å². The lowest BCUT2D eigenvalue weighted by atomic mass is 10.0. The van der Waals surface area contributed by atoms with E-state index < -0.39 is 28.5 Å². The number of para-hydroxylation sites is 2. The number of hydrogen-bond acceptors (Lipinski definition) is 6. The molecule has 8 nitrogen and oxygen atoms in total. The van der Waals surface area contributed by atoms with Gasteiger partial charge in [0.15, 0.2) is 0 Å². The molecule has 4 aromatic rings. The SMILES string of the molecule is CCOc1ccccc1N(CC(=O)N(Cc1ccccc1C)C(Cc1ccccc1)C(=O)NC)S(=O)(=O)c1ccc(SC)cc1. The van der Waals surface area contributed by atoms with Gasteiger partial charge in [-0.3, -0.25) is 13.9 Å². The zero-order valence-electron chi connectivity index (χ0n) is 26.0. The molecule has 0 aliphatic heterocycles. The number of amides is 2. The molecule has 0 radical (unpaired) electrons. The van der Waals surface area contributed by atoms with Crippen molar-refractivity contribution in [2.45, 2.75) is 42.6 Å². The Labute approximate surface area is 270 Å². The third kappa shape index (κ3) is 8.26. The maximum absolute atomic E-state index is 14.5. The third-order valence-corrected chi connectivity index (χ3v) is 10.00. The Balaban J connectivity index is 1.83. The number of carbonyl (C=O) groups is 2. The van der Waals surface area contributed by atoms with Crippen LogP contribution < -0.4 is 14.4 Å². The van der Waals surface area contributed by atoms with E-state index in [1.54, 1.807) is 36.4 Å². The smallest absolute Gasteiger partial charge is 0.264 e.